The standard InChI is InChI=1S/C20H24N4O2S/c1-3-4-12-17-15(2)22-20(23-19(17)26)27-14-18(25)24-21-13-8-11-16-9-6-5-7-10-16/h5-11,13H,3-4,12,14H2,1-2H3,(H,24,25)(H,22,23,26)/b11-8+,21-13-. The maximum absolute atomic E-state index is 12.1. The third-order valence-corrected chi connectivity index (χ3v) is 4.63. The minimum absolute atomic E-state index is 0.121. The number of allylic oxidation sites excluding steroid dienone is 1. The quantitative estimate of drug-likeness (QED) is 0.300. The van der Waals surface area contributed by atoms with Gasteiger partial charge < -0.3 is 4.98 Å². The third kappa shape index (κ3) is 7.22. The first-order valence-electron chi connectivity index (χ1n) is 8.86. The smallest absolute Gasteiger partial charge is 0.254 e. The summed E-state index contributed by atoms with van der Waals surface area (Å²) in [6, 6.07) is 9.80. The molecule has 7 heteroatoms. The van der Waals surface area contributed by atoms with Gasteiger partial charge in [-0.3, -0.25) is 9.59 Å². The molecule has 0 saturated carbocycles. The number of rotatable bonds is 9. The zero-order chi connectivity index (χ0) is 19.5. The molecule has 0 saturated heterocycles. The Bertz CT molecular complexity index is 860. The summed E-state index contributed by atoms with van der Waals surface area (Å²) in [7, 11) is 0. The second-order valence-corrected chi connectivity index (χ2v) is 6.87. The Morgan fingerprint density at radius 1 is 1.33 bits per heavy atom. The topological polar surface area (TPSA) is 87.2 Å². The van der Waals surface area contributed by atoms with Crippen LogP contribution in [0.4, 0.5) is 0 Å². The number of amides is 1. The second kappa shape index (κ2) is 11.1. The van der Waals surface area contributed by atoms with E-state index < -0.39 is 0 Å². The van der Waals surface area contributed by atoms with Gasteiger partial charge in [0.1, 0.15) is 0 Å². The molecule has 0 spiro atoms. The number of aryl methyl sites for hydroxylation is 1. The fourth-order valence-corrected chi connectivity index (χ4v) is 3.04. The summed E-state index contributed by atoms with van der Waals surface area (Å²) in [5.74, 6) is -0.143. The van der Waals surface area contributed by atoms with Gasteiger partial charge in [-0.15, -0.1) is 0 Å². The first-order valence-corrected chi connectivity index (χ1v) is 9.85. The van der Waals surface area contributed by atoms with Crippen LogP contribution in [0.2, 0.25) is 0 Å². The van der Waals surface area contributed by atoms with E-state index in [0.717, 1.165) is 36.1 Å². The van der Waals surface area contributed by atoms with Gasteiger partial charge in [-0.25, -0.2) is 10.4 Å². The number of aromatic nitrogens is 2. The molecule has 0 bridgehead atoms. The lowest BCUT2D eigenvalue weighted by Gasteiger charge is -2.06. The highest BCUT2D eigenvalue weighted by Gasteiger charge is 2.09. The van der Waals surface area contributed by atoms with Gasteiger partial charge in [0, 0.05) is 17.5 Å². The Kier molecular flexibility index (Phi) is 8.51. The number of nitrogens with zero attached hydrogens (tertiary/aromatic N) is 2. The molecule has 0 aliphatic heterocycles. The van der Waals surface area contributed by atoms with Gasteiger partial charge in [0.2, 0.25) is 0 Å². The fraction of sp³-hybridized carbons (Fsp3) is 0.300. The van der Waals surface area contributed by atoms with E-state index in [-0.39, 0.29) is 17.2 Å². The Labute approximate surface area is 163 Å². The maximum Gasteiger partial charge on any atom is 0.254 e. The number of hydrogen-bond acceptors (Lipinski definition) is 5. The fourth-order valence-electron chi connectivity index (χ4n) is 2.34. The largest absolute Gasteiger partial charge is 0.301 e. The number of aromatic amines is 1. The Balaban J connectivity index is 1.80. The van der Waals surface area contributed by atoms with E-state index in [0.29, 0.717) is 5.16 Å². The monoisotopic (exact) mass is 384 g/mol. The molecule has 2 N–H and O–H groups in total. The van der Waals surface area contributed by atoms with Crippen LogP contribution in [0.1, 0.15) is 36.6 Å². The molecule has 0 aliphatic carbocycles. The average Bonchev–Trinajstić information content (AvgIpc) is 2.66. The van der Waals surface area contributed by atoms with Crippen molar-refractivity contribution in [2.45, 2.75) is 38.3 Å². The van der Waals surface area contributed by atoms with E-state index >= 15 is 0 Å². The predicted octanol–water partition coefficient (Wildman–Crippen LogP) is 3.33. The molecule has 1 heterocycles. The summed E-state index contributed by atoms with van der Waals surface area (Å²) in [5, 5.41) is 4.31. The average molecular weight is 385 g/mol. The van der Waals surface area contributed by atoms with Gasteiger partial charge >= 0.3 is 0 Å². The SMILES string of the molecule is CCCCc1c(C)nc(SCC(=O)N/N=C\C=C\c2ccccc2)[nH]c1=O. The van der Waals surface area contributed by atoms with Crippen molar-refractivity contribution in [3.8, 4) is 0 Å². The number of thioether (sulfide) groups is 1. The molecule has 27 heavy (non-hydrogen) atoms. The van der Waals surface area contributed by atoms with E-state index in [1.54, 1.807) is 6.08 Å². The molecule has 6 nitrogen and oxygen atoms in total. The van der Waals surface area contributed by atoms with Crippen molar-refractivity contribution >= 4 is 30.0 Å². The number of carbonyl (C=O) groups is 1. The van der Waals surface area contributed by atoms with Crippen molar-refractivity contribution in [1.82, 2.24) is 15.4 Å². The maximum atomic E-state index is 12.1. The van der Waals surface area contributed by atoms with Gasteiger partial charge in [0.25, 0.3) is 11.5 Å². The van der Waals surface area contributed by atoms with Crippen LogP contribution < -0.4 is 11.0 Å². The van der Waals surface area contributed by atoms with Gasteiger partial charge in [-0.05, 0) is 31.4 Å². The number of hydrazone groups is 1. The van der Waals surface area contributed by atoms with Crippen LogP contribution in [0.25, 0.3) is 6.08 Å². The number of hydrogen-bond donors (Lipinski definition) is 2. The van der Waals surface area contributed by atoms with Crippen molar-refractivity contribution in [1.29, 1.82) is 0 Å². The van der Waals surface area contributed by atoms with E-state index in [9.17, 15) is 9.59 Å². The molecule has 0 unspecified atom stereocenters. The Hall–Kier alpha value is -2.67. The van der Waals surface area contributed by atoms with Crippen LogP contribution in [-0.2, 0) is 11.2 Å². The van der Waals surface area contributed by atoms with Crippen LogP contribution in [0.5, 0.6) is 0 Å². The molecule has 0 fully saturated rings. The van der Waals surface area contributed by atoms with Crippen LogP contribution >= 0.6 is 11.8 Å². The van der Waals surface area contributed by atoms with Crippen molar-refractivity contribution < 1.29 is 4.79 Å². The number of nitrogens with one attached hydrogen (secondary N) is 2. The summed E-state index contributed by atoms with van der Waals surface area (Å²) < 4.78 is 0. The van der Waals surface area contributed by atoms with Gasteiger partial charge in [0.15, 0.2) is 5.16 Å². The number of benzene rings is 1. The van der Waals surface area contributed by atoms with Gasteiger partial charge in [0.05, 0.1) is 5.75 Å². The molecule has 2 rings (SSSR count). The lowest BCUT2D eigenvalue weighted by molar-refractivity contribution is -0.118. The van der Waals surface area contributed by atoms with Crippen molar-refractivity contribution in [3.63, 3.8) is 0 Å². The minimum Gasteiger partial charge on any atom is -0.301 e. The Morgan fingerprint density at radius 2 is 2.11 bits per heavy atom. The van der Waals surface area contributed by atoms with E-state index in [1.807, 2.05) is 43.3 Å². The van der Waals surface area contributed by atoms with Gasteiger partial charge in [-0.2, -0.15) is 5.10 Å². The van der Waals surface area contributed by atoms with Crippen molar-refractivity contribution in [2.75, 3.05) is 5.75 Å². The summed E-state index contributed by atoms with van der Waals surface area (Å²) in [6.45, 7) is 3.91. The van der Waals surface area contributed by atoms with E-state index in [1.165, 1.54) is 18.0 Å². The van der Waals surface area contributed by atoms with E-state index in [2.05, 4.69) is 27.4 Å². The normalized spacial score (nSPS) is 11.3. The molecule has 142 valence electrons. The molecule has 1 aromatic carbocycles. The lowest BCUT2D eigenvalue weighted by Crippen LogP contribution is -2.21. The first-order chi connectivity index (χ1) is 13.1. The molecule has 0 atom stereocenters. The van der Waals surface area contributed by atoms with Crippen molar-refractivity contribution in [3.05, 3.63) is 63.6 Å². The lowest BCUT2D eigenvalue weighted by atomic mass is 10.1. The highest BCUT2D eigenvalue weighted by atomic mass is 32.2. The molecule has 2 aromatic rings. The van der Waals surface area contributed by atoms with Crippen molar-refractivity contribution in [2.24, 2.45) is 5.10 Å². The summed E-state index contributed by atoms with van der Waals surface area (Å²) in [4.78, 5) is 31.1. The number of H-pyrrole nitrogens is 1. The predicted molar refractivity (Wildman–Crippen MR) is 111 cm³/mol. The van der Waals surface area contributed by atoms with Crippen LogP contribution in [0, 0.1) is 6.92 Å². The molecular weight excluding hydrogens is 360 g/mol. The van der Waals surface area contributed by atoms with Crippen LogP contribution in [0.3, 0.4) is 0 Å². The highest BCUT2D eigenvalue weighted by molar-refractivity contribution is 7.99. The summed E-state index contributed by atoms with van der Waals surface area (Å²) in [6.07, 6.45) is 7.86. The zero-order valence-electron chi connectivity index (χ0n) is 15.6. The summed E-state index contributed by atoms with van der Waals surface area (Å²) in [5.41, 5.74) is 4.82. The molecule has 1 aromatic heterocycles. The minimum atomic E-state index is -0.264. The van der Waals surface area contributed by atoms with Gasteiger partial charge in [-0.1, -0.05) is 61.5 Å². The van der Waals surface area contributed by atoms with Crippen LogP contribution in [0.15, 0.2) is 51.5 Å². The summed E-state index contributed by atoms with van der Waals surface area (Å²) >= 11 is 1.18. The Morgan fingerprint density at radius 3 is 2.81 bits per heavy atom. The number of unbranched alkanes of at least 4 members (excludes halogenated alkanes) is 1. The first kappa shape index (κ1) is 20.6. The molecule has 1 amide bonds. The van der Waals surface area contributed by atoms with Crippen LogP contribution in [-0.4, -0.2) is 27.8 Å². The molecule has 0 aliphatic rings. The molecular formula is C20H24N4O2S. The highest BCUT2D eigenvalue weighted by Crippen LogP contribution is 2.13. The third-order valence-electron chi connectivity index (χ3n) is 3.76. The second-order valence-electron chi connectivity index (χ2n) is 5.91. The van der Waals surface area contributed by atoms with E-state index in [4.69, 9.17) is 0 Å². The number of carbonyl (C=O) groups excluding carboxylic acids is 1. The zero-order valence-corrected chi connectivity index (χ0v) is 16.4. The molecule has 0 radical (unpaired) electrons.